The van der Waals surface area contributed by atoms with Crippen molar-refractivity contribution in [3.05, 3.63) is 34.9 Å². The summed E-state index contributed by atoms with van der Waals surface area (Å²) in [6, 6.07) is 8.50. The molecule has 2 nitrogen and oxygen atoms in total. The van der Waals surface area contributed by atoms with Crippen LogP contribution >= 0.6 is 24.0 Å². The number of halogens is 2. The first kappa shape index (κ1) is 15.8. The summed E-state index contributed by atoms with van der Waals surface area (Å²) >= 11 is 6.24. The molecule has 1 saturated heterocycles. The number of likely N-dealkylation sites (tertiary alicyclic amines) is 1. The van der Waals surface area contributed by atoms with Crippen LogP contribution < -0.4 is 5.32 Å². The number of nitrogens with one attached hydrogen (secondary N) is 1. The Bertz CT molecular complexity index is 351. The third-order valence-electron chi connectivity index (χ3n) is 3.56. The zero-order valence-corrected chi connectivity index (χ0v) is 12.4. The fraction of sp³-hybridized carbons (Fsp3) is 0.571. The lowest BCUT2D eigenvalue weighted by Gasteiger charge is -2.21. The Morgan fingerprint density at radius 1 is 1.28 bits per heavy atom. The van der Waals surface area contributed by atoms with Crippen molar-refractivity contribution in [2.45, 2.75) is 25.3 Å². The molecule has 0 radical (unpaired) electrons. The van der Waals surface area contributed by atoms with E-state index in [1.54, 1.807) is 0 Å². The molecule has 0 amide bonds. The standard InChI is InChI=1S/C14H21ClN2.ClH/c1-16-14(8-11-17-9-4-5-10-17)12-6-2-3-7-13(12)15;/h2-3,6-7,14,16H,4-5,8-11H2,1H3;1H. The van der Waals surface area contributed by atoms with Crippen LogP contribution in [0.1, 0.15) is 30.9 Å². The predicted octanol–water partition coefficient (Wildman–Crippen LogP) is 3.51. The van der Waals surface area contributed by atoms with Gasteiger partial charge in [0.25, 0.3) is 0 Å². The molecular weight excluding hydrogens is 267 g/mol. The van der Waals surface area contributed by atoms with Gasteiger partial charge >= 0.3 is 0 Å². The average Bonchev–Trinajstić information content (AvgIpc) is 2.85. The van der Waals surface area contributed by atoms with E-state index in [2.05, 4.69) is 22.3 Å². The molecule has 1 unspecified atom stereocenters. The predicted molar refractivity (Wildman–Crippen MR) is 80.8 cm³/mol. The van der Waals surface area contributed by atoms with Gasteiger partial charge in [0.2, 0.25) is 0 Å². The topological polar surface area (TPSA) is 15.3 Å². The molecule has 1 aliphatic rings. The van der Waals surface area contributed by atoms with Gasteiger partial charge in [0.05, 0.1) is 0 Å². The first-order valence-electron chi connectivity index (χ1n) is 6.45. The summed E-state index contributed by atoms with van der Waals surface area (Å²) in [6.07, 6.45) is 3.84. The molecule has 1 aliphatic heterocycles. The Morgan fingerprint density at radius 3 is 2.56 bits per heavy atom. The number of hydrogen-bond acceptors (Lipinski definition) is 2. The minimum atomic E-state index is 0. The molecule has 1 N–H and O–H groups in total. The van der Waals surface area contributed by atoms with E-state index >= 15 is 0 Å². The molecule has 0 aliphatic carbocycles. The molecule has 0 spiro atoms. The maximum atomic E-state index is 6.24. The summed E-state index contributed by atoms with van der Waals surface area (Å²) in [5.41, 5.74) is 1.22. The highest BCUT2D eigenvalue weighted by molar-refractivity contribution is 6.31. The minimum Gasteiger partial charge on any atom is -0.313 e. The molecule has 0 aromatic heterocycles. The van der Waals surface area contributed by atoms with Crippen LogP contribution in [0.2, 0.25) is 5.02 Å². The lowest BCUT2D eigenvalue weighted by molar-refractivity contribution is 0.314. The lowest BCUT2D eigenvalue weighted by atomic mass is 10.0. The van der Waals surface area contributed by atoms with Gasteiger partial charge in [0.15, 0.2) is 0 Å². The molecule has 1 atom stereocenters. The molecule has 2 rings (SSSR count). The van der Waals surface area contributed by atoms with Crippen LogP contribution in [0.5, 0.6) is 0 Å². The van der Waals surface area contributed by atoms with E-state index < -0.39 is 0 Å². The van der Waals surface area contributed by atoms with E-state index in [-0.39, 0.29) is 12.4 Å². The molecule has 1 aromatic rings. The molecule has 4 heteroatoms. The molecule has 1 heterocycles. The smallest absolute Gasteiger partial charge is 0.0453 e. The first-order valence-corrected chi connectivity index (χ1v) is 6.83. The van der Waals surface area contributed by atoms with E-state index in [1.165, 1.54) is 31.5 Å². The quantitative estimate of drug-likeness (QED) is 0.892. The Labute approximate surface area is 121 Å². The highest BCUT2D eigenvalue weighted by Gasteiger charge is 2.16. The van der Waals surface area contributed by atoms with E-state index in [0.29, 0.717) is 6.04 Å². The van der Waals surface area contributed by atoms with Crippen LogP contribution in [0.25, 0.3) is 0 Å². The van der Waals surface area contributed by atoms with Crippen molar-refractivity contribution in [1.29, 1.82) is 0 Å². The third-order valence-corrected chi connectivity index (χ3v) is 3.91. The maximum absolute atomic E-state index is 6.24. The Morgan fingerprint density at radius 2 is 1.94 bits per heavy atom. The Hall–Kier alpha value is -0.280. The Kier molecular flexibility index (Phi) is 7.02. The van der Waals surface area contributed by atoms with Gasteiger partial charge in [-0.05, 0) is 57.6 Å². The van der Waals surface area contributed by atoms with E-state index in [9.17, 15) is 0 Å². The SMILES string of the molecule is CNC(CCN1CCCC1)c1ccccc1Cl.Cl. The van der Waals surface area contributed by atoms with Gasteiger partial charge in [-0.15, -0.1) is 12.4 Å². The maximum Gasteiger partial charge on any atom is 0.0453 e. The highest BCUT2D eigenvalue weighted by atomic mass is 35.5. The van der Waals surface area contributed by atoms with Gasteiger partial charge in [-0.25, -0.2) is 0 Å². The summed E-state index contributed by atoms with van der Waals surface area (Å²) in [7, 11) is 2.01. The largest absolute Gasteiger partial charge is 0.313 e. The first-order chi connectivity index (χ1) is 8.31. The van der Waals surface area contributed by atoms with Gasteiger partial charge in [-0.2, -0.15) is 0 Å². The second-order valence-corrected chi connectivity index (χ2v) is 5.11. The second kappa shape index (κ2) is 8.00. The Balaban J connectivity index is 0.00000162. The van der Waals surface area contributed by atoms with Crippen molar-refractivity contribution in [3.8, 4) is 0 Å². The number of nitrogens with zero attached hydrogens (tertiary/aromatic N) is 1. The van der Waals surface area contributed by atoms with Gasteiger partial charge in [-0.3, -0.25) is 0 Å². The molecule has 0 bridgehead atoms. The normalized spacial score (nSPS) is 17.4. The molecule has 1 fully saturated rings. The summed E-state index contributed by atoms with van der Waals surface area (Å²) in [6.45, 7) is 3.69. The van der Waals surface area contributed by atoms with Crippen LogP contribution in [-0.4, -0.2) is 31.6 Å². The van der Waals surface area contributed by atoms with Crippen molar-refractivity contribution in [2.24, 2.45) is 0 Å². The summed E-state index contributed by atoms with van der Waals surface area (Å²) in [5, 5.41) is 4.24. The van der Waals surface area contributed by atoms with Gasteiger partial charge in [0.1, 0.15) is 0 Å². The summed E-state index contributed by atoms with van der Waals surface area (Å²) in [5.74, 6) is 0. The monoisotopic (exact) mass is 288 g/mol. The molecule has 0 saturated carbocycles. The average molecular weight is 289 g/mol. The number of hydrogen-bond donors (Lipinski definition) is 1. The van der Waals surface area contributed by atoms with Crippen molar-refractivity contribution < 1.29 is 0 Å². The van der Waals surface area contributed by atoms with Crippen molar-refractivity contribution in [1.82, 2.24) is 10.2 Å². The zero-order chi connectivity index (χ0) is 12.1. The van der Waals surface area contributed by atoms with E-state index in [4.69, 9.17) is 11.6 Å². The molecule has 102 valence electrons. The summed E-state index contributed by atoms with van der Waals surface area (Å²) in [4.78, 5) is 2.54. The van der Waals surface area contributed by atoms with Crippen LogP contribution in [0.4, 0.5) is 0 Å². The van der Waals surface area contributed by atoms with Gasteiger partial charge < -0.3 is 10.2 Å². The zero-order valence-electron chi connectivity index (χ0n) is 10.9. The van der Waals surface area contributed by atoms with Crippen LogP contribution in [-0.2, 0) is 0 Å². The van der Waals surface area contributed by atoms with Crippen LogP contribution in [0.15, 0.2) is 24.3 Å². The lowest BCUT2D eigenvalue weighted by Crippen LogP contribution is -2.26. The van der Waals surface area contributed by atoms with Crippen LogP contribution in [0, 0.1) is 0 Å². The van der Waals surface area contributed by atoms with Crippen molar-refractivity contribution in [2.75, 3.05) is 26.7 Å². The number of rotatable bonds is 5. The molecule has 1 aromatic carbocycles. The molecule has 18 heavy (non-hydrogen) atoms. The highest BCUT2D eigenvalue weighted by Crippen LogP contribution is 2.25. The van der Waals surface area contributed by atoms with Crippen molar-refractivity contribution in [3.63, 3.8) is 0 Å². The second-order valence-electron chi connectivity index (χ2n) is 4.70. The molecular formula is C14H22Cl2N2. The minimum absolute atomic E-state index is 0. The van der Waals surface area contributed by atoms with Crippen molar-refractivity contribution >= 4 is 24.0 Å². The van der Waals surface area contributed by atoms with Gasteiger partial charge in [0, 0.05) is 11.1 Å². The van der Waals surface area contributed by atoms with Crippen LogP contribution in [0.3, 0.4) is 0 Å². The third kappa shape index (κ3) is 4.13. The van der Waals surface area contributed by atoms with E-state index in [0.717, 1.165) is 18.0 Å². The van der Waals surface area contributed by atoms with Gasteiger partial charge in [-0.1, -0.05) is 29.8 Å². The number of benzene rings is 1. The summed E-state index contributed by atoms with van der Waals surface area (Å²) < 4.78 is 0. The fourth-order valence-electron chi connectivity index (χ4n) is 2.53. The van der Waals surface area contributed by atoms with E-state index in [1.807, 2.05) is 19.2 Å². The fourth-order valence-corrected chi connectivity index (χ4v) is 2.80.